The fraction of sp³-hybridized carbons (Fsp3) is 1.00. The van der Waals surface area contributed by atoms with Gasteiger partial charge in [-0.25, -0.2) is 13.8 Å². The van der Waals surface area contributed by atoms with Crippen LogP contribution in [0, 0.1) is 11.8 Å². The summed E-state index contributed by atoms with van der Waals surface area (Å²) in [6.07, 6.45) is 0.710. The molecule has 0 amide bonds. The van der Waals surface area contributed by atoms with Gasteiger partial charge in [0, 0.05) is 25.4 Å². The van der Waals surface area contributed by atoms with Crippen molar-refractivity contribution >= 4 is 0 Å². The molecule has 2 fully saturated rings. The van der Waals surface area contributed by atoms with Crippen LogP contribution in [0.25, 0.3) is 0 Å². The Labute approximate surface area is 64.3 Å². The summed E-state index contributed by atoms with van der Waals surface area (Å²) in [5, 5.41) is 1.52. The molecular weight excluding hydrogens is 150 g/mol. The molecule has 0 aromatic carbocycles. The second kappa shape index (κ2) is 2.14. The Balaban J connectivity index is 2.13. The molecule has 64 valence electrons. The van der Waals surface area contributed by atoms with Crippen molar-refractivity contribution in [2.75, 3.05) is 13.1 Å². The minimum absolute atomic E-state index is 0.0656. The number of hydrogen-bond donors (Lipinski definition) is 1. The highest BCUT2D eigenvalue weighted by molar-refractivity contribution is 4.96. The second-order valence-corrected chi connectivity index (χ2v) is 3.62. The first kappa shape index (κ1) is 7.43. The molecule has 11 heavy (non-hydrogen) atoms. The van der Waals surface area contributed by atoms with Gasteiger partial charge in [-0.1, -0.05) is 0 Å². The van der Waals surface area contributed by atoms with Crippen molar-refractivity contribution < 1.29 is 8.78 Å². The topological polar surface area (TPSA) is 29.3 Å². The van der Waals surface area contributed by atoms with E-state index in [1.165, 1.54) is 5.01 Å². The molecule has 0 radical (unpaired) electrons. The van der Waals surface area contributed by atoms with Gasteiger partial charge in [0.2, 0.25) is 0 Å². The molecule has 0 unspecified atom stereocenters. The summed E-state index contributed by atoms with van der Waals surface area (Å²) in [6.45, 7) is 1.03. The maximum atomic E-state index is 13.0. The maximum absolute atomic E-state index is 13.0. The summed E-state index contributed by atoms with van der Waals surface area (Å²) in [5.41, 5.74) is 0. The number of halogens is 2. The van der Waals surface area contributed by atoms with Crippen molar-refractivity contribution in [2.24, 2.45) is 17.7 Å². The maximum Gasteiger partial charge on any atom is 0.252 e. The third-order valence-corrected chi connectivity index (χ3v) is 2.86. The van der Waals surface area contributed by atoms with E-state index in [0.29, 0.717) is 19.5 Å². The molecule has 0 aromatic heterocycles. The van der Waals surface area contributed by atoms with E-state index < -0.39 is 11.8 Å². The normalized spacial score (nSPS) is 42.8. The first-order chi connectivity index (χ1) is 5.09. The van der Waals surface area contributed by atoms with Crippen LogP contribution in [0.2, 0.25) is 0 Å². The van der Waals surface area contributed by atoms with Crippen molar-refractivity contribution in [3.63, 3.8) is 0 Å². The Morgan fingerprint density at radius 2 is 2.09 bits per heavy atom. The van der Waals surface area contributed by atoms with Crippen molar-refractivity contribution in [2.45, 2.75) is 18.8 Å². The van der Waals surface area contributed by atoms with E-state index in [9.17, 15) is 8.78 Å². The minimum atomic E-state index is -2.45. The summed E-state index contributed by atoms with van der Waals surface area (Å²) < 4.78 is 26.0. The molecule has 1 heterocycles. The summed E-state index contributed by atoms with van der Waals surface area (Å²) in [5.74, 6) is 2.68. The van der Waals surface area contributed by atoms with Crippen LogP contribution in [0.1, 0.15) is 12.8 Å². The van der Waals surface area contributed by atoms with Gasteiger partial charge >= 0.3 is 0 Å². The zero-order valence-electron chi connectivity index (χ0n) is 6.26. The monoisotopic (exact) mass is 162 g/mol. The van der Waals surface area contributed by atoms with Crippen LogP contribution in [0.3, 0.4) is 0 Å². The molecule has 2 aliphatic rings. The van der Waals surface area contributed by atoms with Crippen molar-refractivity contribution in [3.05, 3.63) is 0 Å². The third-order valence-electron chi connectivity index (χ3n) is 2.86. The van der Waals surface area contributed by atoms with Crippen LogP contribution < -0.4 is 5.84 Å². The molecule has 1 saturated heterocycles. The Kier molecular flexibility index (Phi) is 1.44. The van der Waals surface area contributed by atoms with Crippen molar-refractivity contribution in [1.82, 2.24) is 5.01 Å². The highest BCUT2D eigenvalue weighted by atomic mass is 19.3. The first-order valence-corrected chi connectivity index (χ1v) is 3.97. The summed E-state index contributed by atoms with van der Waals surface area (Å²) in [6, 6.07) is 0. The summed E-state index contributed by atoms with van der Waals surface area (Å²) >= 11 is 0. The van der Waals surface area contributed by atoms with E-state index in [-0.39, 0.29) is 12.3 Å². The molecule has 0 aromatic rings. The molecule has 2 N–H and O–H groups in total. The lowest BCUT2D eigenvalue weighted by Crippen LogP contribution is -2.32. The quantitative estimate of drug-likeness (QED) is 0.535. The number of nitrogens with zero attached hydrogens (tertiary/aromatic N) is 1. The molecule has 4 heteroatoms. The zero-order chi connectivity index (χ0) is 8.06. The average molecular weight is 162 g/mol. The van der Waals surface area contributed by atoms with E-state index in [1.807, 2.05) is 0 Å². The van der Waals surface area contributed by atoms with Crippen LogP contribution in [0.15, 0.2) is 0 Å². The van der Waals surface area contributed by atoms with Crippen molar-refractivity contribution in [3.8, 4) is 0 Å². The molecule has 1 aliphatic carbocycles. The standard InChI is InChI=1S/C7H12F2N2/c8-7(9)2-1-5-3-11(10)4-6(5)7/h5-6H,1-4,10H2/t5-,6-/m0/s1. The lowest BCUT2D eigenvalue weighted by molar-refractivity contribution is -0.0398. The Morgan fingerprint density at radius 3 is 2.73 bits per heavy atom. The summed E-state index contributed by atoms with van der Waals surface area (Å²) in [4.78, 5) is 0. The van der Waals surface area contributed by atoms with Gasteiger partial charge in [0.1, 0.15) is 0 Å². The predicted octanol–water partition coefficient (Wildman–Crippen LogP) is 0.837. The van der Waals surface area contributed by atoms with Crippen LogP contribution in [-0.2, 0) is 0 Å². The molecule has 2 nitrogen and oxygen atoms in total. The fourth-order valence-electron chi connectivity index (χ4n) is 2.24. The largest absolute Gasteiger partial charge is 0.269 e. The van der Waals surface area contributed by atoms with E-state index in [2.05, 4.69) is 0 Å². The van der Waals surface area contributed by atoms with Crippen LogP contribution in [-0.4, -0.2) is 24.0 Å². The van der Waals surface area contributed by atoms with Crippen LogP contribution in [0.5, 0.6) is 0 Å². The summed E-state index contributed by atoms with van der Waals surface area (Å²) in [7, 11) is 0. The van der Waals surface area contributed by atoms with E-state index in [1.54, 1.807) is 0 Å². The lowest BCUT2D eigenvalue weighted by atomic mass is 9.99. The highest BCUT2D eigenvalue weighted by Gasteiger charge is 2.53. The molecular formula is C7H12F2N2. The van der Waals surface area contributed by atoms with Crippen LogP contribution in [0.4, 0.5) is 8.78 Å². The second-order valence-electron chi connectivity index (χ2n) is 3.62. The fourth-order valence-corrected chi connectivity index (χ4v) is 2.24. The van der Waals surface area contributed by atoms with E-state index >= 15 is 0 Å². The highest BCUT2D eigenvalue weighted by Crippen LogP contribution is 2.47. The predicted molar refractivity (Wildman–Crippen MR) is 36.9 cm³/mol. The van der Waals surface area contributed by atoms with E-state index in [4.69, 9.17) is 5.84 Å². The van der Waals surface area contributed by atoms with Gasteiger partial charge in [0.25, 0.3) is 5.92 Å². The molecule has 0 bridgehead atoms. The number of hydrogen-bond acceptors (Lipinski definition) is 2. The molecule has 1 aliphatic heterocycles. The van der Waals surface area contributed by atoms with Gasteiger partial charge < -0.3 is 0 Å². The van der Waals surface area contributed by atoms with E-state index in [0.717, 1.165) is 0 Å². The smallest absolute Gasteiger partial charge is 0.252 e. The molecule has 2 atom stereocenters. The first-order valence-electron chi connectivity index (χ1n) is 3.97. The number of rotatable bonds is 0. The van der Waals surface area contributed by atoms with Gasteiger partial charge in [0.05, 0.1) is 0 Å². The number of alkyl halides is 2. The molecule has 0 spiro atoms. The van der Waals surface area contributed by atoms with Crippen LogP contribution >= 0.6 is 0 Å². The Bertz CT molecular complexity index is 172. The third kappa shape index (κ3) is 1.05. The average Bonchev–Trinajstić information content (AvgIpc) is 2.35. The Hall–Kier alpha value is -0.220. The SMILES string of the molecule is NN1C[C@@H]2CCC(F)(F)[C@H]2C1. The number of hydrazine groups is 1. The van der Waals surface area contributed by atoms with Gasteiger partial charge in [-0.15, -0.1) is 0 Å². The molecule has 1 saturated carbocycles. The number of fused-ring (bicyclic) bond motifs is 1. The lowest BCUT2D eigenvalue weighted by Gasteiger charge is -2.17. The van der Waals surface area contributed by atoms with Gasteiger partial charge in [-0.2, -0.15) is 0 Å². The molecule has 2 rings (SSSR count). The number of nitrogens with two attached hydrogens (primary N) is 1. The van der Waals surface area contributed by atoms with Gasteiger partial charge in [-0.3, -0.25) is 5.84 Å². The Morgan fingerprint density at radius 1 is 1.36 bits per heavy atom. The van der Waals surface area contributed by atoms with Gasteiger partial charge in [-0.05, 0) is 12.3 Å². The van der Waals surface area contributed by atoms with Crippen molar-refractivity contribution in [1.29, 1.82) is 0 Å². The zero-order valence-corrected chi connectivity index (χ0v) is 6.26. The minimum Gasteiger partial charge on any atom is -0.269 e. The van der Waals surface area contributed by atoms with Gasteiger partial charge in [0.15, 0.2) is 0 Å².